The van der Waals surface area contributed by atoms with Crippen molar-refractivity contribution in [3.8, 4) is 11.1 Å². The third-order valence-corrected chi connectivity index (χ3v) is 3.45. The van der Waals surface area contributed by atoms with Crippen molar-refractivity contribution >= 4 is 11.6 Å². The number of halogens is 3. The molecule has 0 aliphatic rings. The highest BCUT2D eigenvalue weighted by molar-refractivity contribution is 6.30. The fourth-order valence-corrected chi connectivity index (χ4v) is 2.42. The van der Waals surface area contributed by atoms with Crippen molar-refractivity contribution in [2.24, 2.45) is 0 Å². The molecule has 0 bridgehead atoms. The lowest BCUT2D eigenvalue weighted by Crippen LogP contribution is -2.18. The van der Waals surface area contributed by atoms with Crippen molar-refractivity contribution in [3.05, 3.63) is 58.6 Å². The molecule has 2 aromatic carbocycles. The van der Waals surface area contributed by atoms with Crippen LogP contribution in [-0.4, -0.2) is 6.54 Å². The average molecular weight is 296 g/mol. The maximum atomic E-state index is 14.1. The van der Waals surface area contributed by atoms with Crippen LogP contribution in [0.2, 0.25) is 5.02 Å². The third kappa shape index (κ3) is 3.17. The molecule has 1 nitrogen and oxygen atoms in total. The third-order valence-electron chi connectivity index (χ3n) is 3.21. The number of hydrogen-bond acceptors (Lipinski definition) is 1. The molecule has 0 saturated carbocycles. The molecule has 0 spiro atoms. The Morgan fingerprint density at radius 3 is 2.50 bits per heavy atom. The van der Waals surface area contributed by atoms with Crippen molar-refractivity contribution in [1.82, 2.24) is 5.32 Å². The molecule has 20 heavy (non-hydrogen) atoms. The molecule has 0 radical (unpaired) electrons. The van der Waals surface area contributed by atoms with Gasteiger partial charge in [0.25, 0.3) is 0 Å². The number of rotatable bonds is 4. The number of nitrogens with one attached hydrogen (secondary N) is 1. The Morgan fingerprint density at radius 1 is 1.10 bits per heavy atom. The Hall–Kier alpha value is -1.45. The van der Waals surface area contributed by atoms with E-state index in [0.717, 1.165) is 12.1 Å². The van der Waals surface area contributed by atoms with Crippen LogP contribution in [0.1, 0.15) is 25.5 Å². The van der Waals surface area contributed by atoms with Crippen molar-refractivity contribution < 1.29 is 8.78 Å². The van der Waals surface area contributed by atoms with E-state index in [1.54, 1.807) is 18.2 Å². The fraction of sp³-hybridized carbons (Fsp3) is 0.250. The molecule has 1 N–H and O–H groups in total. The van der Waals surface area contributed by atoms with Gasteiger partial charge >= 0.3 is 0 Å². The second-order valence-corrected chi connectivity index (χ2v) is 5.07. The summed E-state index contributed by atoms with van der Waals surface area (Å²) in [6.07, 6.45) is 0. The lowest BCUT2D eigenvalue weighted by atomic mass is 9.95. The topological polar surface area (TPSA) is 12.0 Å². The summed E-state index contributed by atoms with van der Waals surface area (Å²) in [5, 5.41) is 3.57. The maximum Gasteiger partial charge on any atom is 0.132 e. The van der Waals surface area contributed by atoms with E-state index in [4.69, 9.17) is 11.6 Å². The van der Waals surface area contributed by atoms with Crippen LogP contribution in [0.4, 0.5) is 8.78 Å². The van der Waals surface area contributed by atoms with E-state index in [2.05, 4.69) is 5.32 Å². The van der Waals surface area contributed by atoms with E-state index in [9.17, 15) is 8.78 Å². The van der Waals surface area contributed by atoms with E-state index in [1.807, 2.05) is 13.8 Å². The van der Waals surface area contributed by atoms with Crippen LogP contribution in [0.25, 0.3) is 11.1 Å². The molecule has 0 saturated heterocycles. The first-order chi connectivity index (χ1) is 9.52. The summed E-state index contributed by atoms with van der Waals surface area (Å²) in [6.45, 7) is 4.73. The smallest absolute Gasteiger partial charge is 0.132 e. The van der Waals surface area contributed by atoms with Gasteiger partial charge in [0.05, 0.1) is 0 Å². The van der Waals surface area contributed by atoms with Gasteiger partial charge in [-0.25, -0.2) is 8.78 Å². The zero-order chi connectivity index (χ0) is 14.7. The Balaban J connectivity index is 2.56. The minimum atomic E-state index is -0.451. The van der Waals surface area contributed by atoms with E-state index < -0.39 is 5.82 Å². The van der Waals surface area contributed by atoms with Gasteiger partial charge in [-0.05, 0) is 54.9 Å². The van der Waals surface area contributed by atoms with Crippen LogP contribution in [0, 0.1) is 11.6 Å². The summed E-state index contributed by atoms with van der Waals surface area (Å²) in [4.78, 5) is 0. The summed E-state index contributed by atoms with van der Waals surface area (Å²) in [5.41, 5.74) is 1.76. The summed E-state index contributed by atoms with van der Waals surface area (Å²) >= 11 is 5.76. The first kappa shape index (κ1) is 14.9. The standard InChI is InChI=1S/C16H16ClF2N/c1-3-20-10(2)13-7-5-12(18)9-15(13)14-6-4-11(17)8-16(14)19/h4-10,20H,3H2,1-2H3. The minimum absolute atomic E-state index is 0.00526. The first-order valence-electron chi connectivity index (χ1n) is 6.51. The van der Waals surface area contributed by atoms with Crippen molar-refractivity contribution in [3.63, 3.8) is 0 Å². The molecule has 1 unspecified atom stereocenters. The summed E-state index contributed by atoms with van der Waals surface area (Å²) < 4.78 is 27.6. The fourth-order valence-electron chi connectivity index (χ4n) is 2.26. The molecule has 0 amide bonds. The molecular weight excluding hydrogens is 280 g/mol. The van der Waals surface area contributed by atoms with Gasteiger partial charge in [0, 0.05) is 16.6 Å². The minimum Gasteiger partial charge on any atom is -0.310 e. The monoisotopic (exact) mass is 295 g/mol. The van der Waals surface area contributed by atoms with E-state index >= 15 is 0 Å². The summed E-state index contributed by atoms with van der Waals surface area (Å²) in [5.74, 6) is -0.838. The van der Waals surface area contributed by atoms with Crippen LogP contribution in [0.5, 0.6) is 0 Å². The summed E-state index contributed by atoms with van der Waals surface area (Å²) in [7, 11) is 0. The Labute approximate surface area is 122 Å². The molecule has 0 aliphatic carbocycles. The van der Waals surface area contributed by atoms with Gasteiger partial charge in [-0.3, -0.25) is 0 Å². The summed E-state index contributed by atoms with van der Waals surface area (Å²) in [6, 6.07) is 8.86. The molecule has 0 fully saturated rings. The Morgan fingerprint density at radius 2 is 1.85 bits per heavy atom. The van der Waals surface area contributed by atoms with Gasteiger partial charge in [0.1, 0.15) is 11.6 Å². The maximum absolute atomic E-state index is 14.1. The molecule has 0 heterocycles. The van der Waals surface area contributed by atoms with Crippen molar-refractivity contribution in [2.75, 3.05) is 6.54 Å². The lowest BCUT2D eigenvalue weighted by Gasteiger charge is -2.18. The highest BCUT2D eigenvalue weighted by Gasteiger charge is 2.15. The molecule has 1 atom stereocenters. The first-order valence-corrected chi connectivity index (χ1v) is 6.89. The van der Waals surface area contributed by atoms with Gasteiger partial charge in [-0.2, -0.15) is 0 Å². The van der Waals surface area contributed by atoms with Gasteiger partial charge in [0.2, 0.25) is 0 Å². The second-order valence-electron chi connectivity index (χ2n) is 4.64. The predicted octanol–water partition coefficient (Wildman–Crippen LogP) is 4.96. The van der Waals surface area contributed by atoms with Gasteiger partial charge in [0.15, 0.2) is 0 Å². The quantitative estimate of drug-likeness (QED) is 0.841. The number of hydrogen-bond donors (Lipinski definition) is 1. The Bertz CT molecular complexity index is 613. The molecule has 4 heteroatoms. The van der Waals surface area contributed by atoms with Crippen LogP contribution in [0.3, 0.4) is 0 Å². The lowest BCUT2D eigenvalue weighted by molar-refractivity contribution is 0.591. The number of benzene rings is 2. The molecule has 0 aromatic heterocycles. The van der Waals surface area contributed by atoms with Crippen LogP contribution in [0.15, 0.2) is 36.4 Å². The zero-order valence-electron chi connectivity index (χ0n) is 11.4. The highest BCUT2D eigenvalue weighted by Crippen LogP contribution is 2.32. The predicted molar refractivity (Wildman–Crippen MR) is 78.9 cm³/mol. The SMILES string of the molecule is CCNC(C)c1ccc(F)cc1-c1ccc(Cl)cc1F. The molecule has 2 aromatic rings. The average Bonchev–Trinajstić information content (AvgIpc) is 2.38. The van der Waals surface area contributed by atoms with Crippen molar-refractivity contribution in [2.45, 2.75) is 19.9 Å². The van der Waals surface area contributed by atoms with Crippen LogP contribution < -0.4 is 5.32 Å². The molecular formula is C16H16ClF2N. The van der Waals surface area contributed by atoms with Crippen molar-refractivity contribution in [1.29, 1.82) is 0 Å². The van der Waals surface area contributed by atoms with Crippen LogP contribution >= 0.6 is 11.6 Å². The van der Waals surface area contributed by atoms with E-state index in [1.165, 1.54) is 18.2 Å². The van der Waals surface area contributed by atoms with Gasteiger partial charge in [-0.1, -0.05) is 24.6 Å². The molecule has 2 rings (SSSR count). The van der Waals surface area contributed by atoms with E-state index in [-0.39, 0.29) is 11.9 Å². The zero-order valence-corrected chi connectivity index (χ0v) is 12.1. The highest BCUT2D eigenvalue weighted by atomic mass is 35.5. The van der Waals surface area contributed by atoms with Crippen LogP contribution in [-0.2, 0) is 0 Å². The molecule has 0 aliphatic heterocycles. The van der Waals surface area contributed by atoms with Gasteiger partial charge in [-0.15, -0.1) is 0 Å². The molecule has 106 valence electrons. The Kier molecular flexibility index (Phi) is 4.73. The van der Waals surface area contributed by atoms with Gasteiger partial charge < -0.3 is 5.32 Å². The second kappa shape index (κ2) is 6.33. The normalized spacial score (nSPS) is 12.4. The largest absolute Gasteiger partial charge is 0.310 e. The van der Waals surface area contributed by atoms with E-state index in [0.29, 0.717) is 16.1 Å².